The average Bonchev–Trinajstić information content (AvgIpc) is 3.24. The molecule has 3 rings (SSSR count). The zero-order valence-electron chi connectivity index (χ0n) is 13.2. The highest BCUT2D eigenvalue weighted by molar-refractivity contribution is 5.98. The van der Waals surface area contributed by atoms with Gasteiger partial charge in [-0.25, -0.2) is 0 Å². The van der Waals surface area contributed by atoms with Crippen LogP contribution in [-0.2, 0) is 9.59 Å². The van der Waals surface area contributed by atoms with Crippen molar-refractivity contribution in [2.45, 2.75) is 24.3 Å². The molecule has 0 heterocycles. The van der Waals surface area contributed by atoms with Gasteiger partial charge in [-0.15, -0.1) is 0 Å². The minimum Gasteiger partial charge on any atom is -0.357 e. The number of nitrogens with one attached hydrogen (secondary N) is 2. The highest BCUT2D eigenvalue weighted by Gasteiger charge is 2.70. The molecule has 1 saturated carbocycles. The molecule has 0 aliphatic heterocycles. The van der Waals surface area contributed by atoms with Crippen LogP contribution in [0.4, 0.5) is 0 Å². The van der Waals surface area contributed by atoms with Gasteiger partial charge >= 0.3 is 0 Å². The Hall–Kier alpha value is -2.62. The number of amides is 2. The molecule has 1 fully saturated rings. The number of likely N-dealkylation sites (N-methyl/N-ethyl adjacent to an activating group) is 1. The van der Waals surface area contributed by atoms with Crippen LogP contribution in [0.5, 0.6) is 0 Å². The van der Waals surface area contributed by atoms with Crippen molar-refractivity contribution in [1.82, 2.24) is 10.6 Å². The monoisotopic (exact) mass is 308 g/mol. The summed E-state index contributed by atoms with van der Waals surface area (Å²) in [6, 6.07) is 19.7. The molecule has 0 unspecified atom stereocenters. The van der Waals surface area contributed by atoms with Gasteiger partial charge < -0.3 is 10.6 Å². The second-order valence-electron chi connectivity index (χ2n) is 5.91. The maximum Gasteiger partial charge on any atom is 0.246 e. The quantitative estimate of drug-likeness (QED) is 0.909. The molecular formula is C19H20N2O2. The van der Waals surface area contributed by atoms with E-state index in [1.165, 1.54) is 6.92 Å². The molecule has 4 heteroatoms. The van der Waals surface area contributed by atoms with Gasteiger partial charge in [0, 0.05) is 25.8 Å². The summed E-state index contributed by atoms with van der Waals surface area (Å²) in [4.78, 5) is 24.5. The Morgan fingerprint density at radius 2 is 1.30 bits per heavy atom. The topological polar surface area (TPSA) is 58.2 Å². The lowest BCUT2D eigenvalue weighted by Crippen LogP contribution is -2.49. The van der Waals surface area contributed by atoms with Gasteiger partial charge in [-0.1, -0.05) is 60.7 Å². The molecule has 2 aromatic rings. The summed E-state index contributed by atoms with van der Waals surface area (Å²) in [6.45, 7) is 1.45. The molecule has 0 saturated heterocycles. The molecule has 2 atom stereocenters. The third-order valence-corrected chi connectivity index (χ3v) is 4.51. The Bertz CT molecular complexity index is 667. The fraction of sp³-hybridized carbons (Fsp3) is 0.263. The first-order valence-corrected chi connectivity index (χ1v) is 7.72. The van der Waals surface area contributed by atoms with Gasteiger partial charge in [-0.05, 0) is 11.1 Å². The van der Waals surface area contributed by atoms with Crippen molar-refractivity contribution in [2.24, 2.45) is 0 Å². The van der Waals surface area contributed by atoms with Gasteiger partial charge in [-0.3, -0.25) is 9.59 Å². The average molecular weight is 308 g/mol. The second kappa shape index (κ2) is 5.88. The van der Waals surface area contributed by atoms with Crippen molar-refractivity contribution >= 4 is 11.8 Å². The largest absolute Gasteiger partial charge is 0.357 e. The van der Waals surface area contributed by atoms with Crippen molar-refractivity contribution < 1.29 is 9.59 Å². The van der Waals surface area contributed by atoms with E-state index in [-0.39, 0.29) is 23.7 Å². The summed E-state index contributed by atoms with van der Waals surface area (Å²) in [5, 5.41) is 5.65. The van der Waals surface area contributed by atoms with Crippen LogP contribution in [-0.4, -0.2) is 24.4 Å². The maximum atomic E-state index is 12.7. The Balaban J connectivity index is 2.10. The van der Waals surface area contributed by atoms with Crippen LogP contribution < -0.4 is 10.6 Å². The van der Waals surface area contributed by atoms with E-state index in [0.717, 1.165) is 11.1 Å². The summed E-state index contributed by atoms with van der Waals surface area (Å²) in [6.07, 6.45) is 0. The van der Waals surface area contributed by atoms with Gasteiger partial charge in [0.1, 0.15) is 5.54 Å². The minimum absolute atomic E-state index is 0.0741. The van der Waals surface area contributed by atoms with Crippen LogP contribution in [0.3, 0.4) is 0 Å². The lowest BCUT2D eigenvalue weighted by molar-refractivity contribution is -0.129. The van der Waals surface area contributed by atoms with Crippen LogP contribution in [0.15, 0.2) is 60.7 Å². The Labute approximate surface area is 135 Å². The zero-order chi connectivity index (χ0) is 16.4. The van der Waals surface area contributed by atoms with E-state index in [0.29, 0.717) is 0 Å². The standard InChI is InChI=1S/C19H20N2O2/c1-13(22)21-19(18(23)20-2)16(14-9-5-3-6-10-14)17(19)15-11-7-4-8-12-15/h3-12,16-17H,1-2H3,(H,20,23)(H,21,22)/t16-,17-/m1/s1. The summed E-state index contributed by atoms with van der Waals surface area (Å²) in [5.74, 6) is -0.506. The van der Waals surface area contributed by atoms with Gasteiger partial charge in [0.25, 0.3) is 0 Å². The number of rotatable bonds is 4. The van der Waals surface area contributed by atoms with E-state index >= 15 is 0 Å². The van der Waals surface area contributed by atoms with E-state index < -0.39 is 5.54 Å². The molecule has 0 aromatic heterocycles. The summed E-state index contributed by atoms with van der Waals surface area (Å²) in [7, 11) is 1.61. The third kappa shape index (κ3) is 2.50. The lowest BCUT2D eigenvalue weighted by Gasteiger charge is -2.18. The van der Waals surface area contributed by atoms with Crippen molar-refractivity contribution in [3.8, 4) is 0 Å². The van der Waals surface area contributed by atoms with Gasteiger partial charge in [0.05, 0.1) is 0 Å². The third-order valence-electron chi connectivity index (χ3n) is 4.51. The Morgan fingerprint density at radius 1 is 0.870 bits per heavy atom. The highest BCUT2D eigenvalue weighted by atomic mass is 16.2. The summed E-state index contributed by atoms with van der Waals surface area (Å²) >= 11 is 0. The van der Waals surface area contributed by atoms with Gasteiger partial charge in [0.15, 0.2) is 0 Å². The van der Waals surface area contributed by atoms with E-state index in [4.69, 9.17) is 0 Å². The van der Waals surface area contributed by atoms with Crippen LogP contribution in [0, 0.1) is 0 Å². The number of benzene rings is 2. The summed E-state index contributed by atoms with van der Waals surface area (Å²) in [5.41, 5.74) is 1.18. The predicted molar refractivity (Wildman–Crippen MR) is 89.0 cm³/mol. The number of carbonyl (C=O) groups excluding carboxylic acids is 2. The van der Waals surface area contributed by atoms with Gasteiger partial charge in [-0.2, -0.15) is 0 Å². The molecular weight excluding hydrogens is 288 g/mol. The SMILES string of the molecule is CNC(=O)C1(NC(C)=O)[C@H](c2ccccc2)[C@H]1c1ccccc1. The van der Waals surface area contributed by atoms with Crippen LogP contribution in [0.2, 0.25) is 0 Å². The first-order chi connectivity index (χ1) is 11.1. The Morgan fingerprint density at radius 3 is 1.65 bits per heavy atom. The van der Waals surface area contributed by atoms with Crippen LogP contribution in [0.25, 0.3) is 0 Å². The van der Waals surface area contributed by atoms with Crippen LogP contribution >= 0.6 is 0 Å². The number of carbonyl (C=O) groups is 2. The van der Waals surface area contributed by atoms with Crippen LogP contribution in [0.1, 0.15) is 29.9 Å². The van der Waals surface area contributed by atoms with E-state index in [1.807, 2.05) is 60.7 Å². The van der Waals surface area contributed by atoms with Crippen molar-refractivity contribution in [2.75, 3.05) is 7.05 Å². The molecule has 0 bridgehead atoms. The molecule has 118 valence electrons. The van der Waals surface area contributed by atoms with Crippen molar-refractivity contribution in [3.05, 3.63) is 71.8 Å². The fourth-order valence-electron chi connectivity index (χ4n) is 3.61. The Kier molecular flexibility index (Phi) is 3.90. The predicted octanol–water partition coefficient (Wildman–Crippen LogP) is 2.19. The highest BCUT2D eigenvalue weighted by Crippen LogP contribution is 2.63. The first-order valence-electron chi connectivity index (χ1n) is 7.72. The molecule has 1 aliphatic carbocycles. The smallest absolute Gasteiger partial charge is 0.246 e. The zero-order valence-corrected chi connectivity index (χ0v) is 13.2. The second-order valence-corrected chi connectivity index (χ2v) is 5.91. The van der Waals surface area contributed by atoms with E-state index in [1.54, 1.807) is 7.05 Å². The van der Waals surface area contributed by atoms with E-state index in [2.05, 4.69) is 10.6 Å². The molecule has 4 nitrogen and oxygen atoms in total. The first kappa shape index (κ1) is 15.3. The van der Waals surface area contributed by atoms with Gasteiger partial charge in [0.2, 0.25) is 11.8 Å². The molecule has 23 heavy (non-hydrogen) atoms. The number of hydrogen-bond donors (Lipinski definition) is 2. The fourth-order valence-corrected chi connectivity index (χ4v) is 3.61. The normalized spacial score (nSPS) is 25.5. The van der Waals surface area contributed by atoms with Crippen molar-refractivity contribution in [1.29, 1.82) is 0 Å². The molecule has 0 radical (unpaired) electrons. The molecule has 2 N–H and O–H groups in total. The van der Waals surface area contributed by atoms with E-state index in [9.17, 15) is 9.59 Å². The maximum absolute atomic E-state index is 12.7. The molecule has 1 aliphatic rings. The lowest BCUT2D eigenvalue weighted by atomic mass is 10.0. The molecule has 2 amide bonds. The summed E-state index contributed by atoms with van der Waals surface area (Å²) < 4.78 is 0. The van der Waals surface area contributed by atoms with Crippen molar-refractivity contribution in [3.63, 3.8) is 0 Å². The number of hydrogen-bond acceptors (Lipinski definition) is 2. The molecule has 2 aromatic carbocycles. The molecule has 0 spiro atoms. The minimum atomic E-state index is -0.927.